The summed E-state index contributed by atoms with van der Waals surface area (Å²) < 4.78 is 16.3. The van der Waals surface area contributed by atoms with Gasteiger partial charge in [-0.05, 0) is 24.6 Å². The zero-order chi connectivity index (χ0) is 16.9. The van der Waals surface area contributed by atoms with Crippen LogP contribution in [-0.4, -0.2) is 24.4 Å². The van der Waals surface area contributed by atoms with Crippen molar-refractivity contribution in [1.29, 1.82) is 0 Å². The number of methoxy groups -OCH3 is 2. The number of hydrogen-bond acceptors (Lipinski definition) is 6. The standard InChI is InChI=1S/C18H18N2O3S/c1-12-5-4-6-13(7-12)11-24-18-20-19-17(23-18)14-8-15(21-2)10-16(9-14)22-3/h4-10H,11H2,1-3H3. The monoisotopic (exact) mass is 342 g/mol. The van der Waals surface area contributed by atoms with Crippen LogP contribution in [0, 0.1) is 6.92 Å². The first-order chi connectivity index (χ1) is 11.7. The van der Waals surface area contributed by atoms with Gasteiger partial charge >= 0.3 is 0 Å². The van der Waals surface area contributed by atoms with Gasteiger partial charge in [0.2, 0.25) is 5.89 Å². The Morgan fingerprint density at radius 1 is 1.00 bits per heavy atom. The molecule has 1 aromatic heterocycles. The molecule has 0 fully saturated rings. The minimum Gasteiger partial charge on any atom is -0.497 e. The maximum atomic E-state index is 5.75. The predicted octanol–water partition coefficient (Wildman–Crippen LogP) is 4.35. The normalized spacial score (nSPS) is 10.6. The molecular weight excluding hydrogens is 324 g/mol. The Bertz CT molecular complexity index is 810. The van der Waals surface area contributed by atoms with Gasteiger partial charge in [-0.2, -0.15) is 0 Å². The summed E-state index contributed by atoms with van der Waals surface area (Å²) in [5, 5.41) is 8.76. The van der Waals surface area contributed by atoms with Gasteiger partial charge in [0.05, 0.1) is 14.2 Å². The first kappa shape index (κ1) is 16.4. The lowest BCUT2D eigenvalue weighted by Crippen LogP contribution is -1.88. The molecule has 0 atom stereocenters. The van der Waals surface area contributed by atoms with E-state index in [2.05, 4.69) is 35.3 Å². The summed E-state index contributed by atoms with van der Waals surface area (Å²) in [6, 6.07) is 13.8. The van der Waals surface area contributed by atoms with E-state index in [9.17, 15) is 0 Å². The zero-order valence-corrected chi connectivity index (χ0v) is 14.6. The smallest absolute Gasteiger partial charge is 0.277 e. The minimum absolute atomic E-state index is 0.443. The van der Waals surface area contributed by atoms with Crippen LogP contribution < -0.4 is 9.47 Å². The second kappa shape index (κ2) is 7.40. The number of thioether (sulfide) groups is 1. The van der Waals surface area contributed by atoms with E-state index < -0.39 is 0 Å². The van der Waals surface area contributed by atoms with E-state index >= 15 is 0 Å². The van der Waals surface area contributed by atoms with Gasteiger partial charge in [-0.15, -0.1) is 10.2 Å². The molecule has 0 aliphatic carbocycles. The summed E-state index contributed by atoms with van der Waals surface area (Å²) >= 11 is 1.51. The highest BCUT2D eigenvalue weighted by molar-refractivity contribution is 7.98. The molecule has 0 aliphatic rings. The molecule has 24 heavy (non-hydrogen) atoms. The third kappa shape index (κ3) is 3.89. The highest BCUT2D eigenvalue weighted by Crippen LogP contribution is 2.31. The summed E-state index contributed by atoms with van der Waals surface area (Å²) in [6.07, 6.45) is 0. The van der Waals surface area contributed by atoms with Crippen LogP contribution in [0.4, 0.5) is 0 Å². The van der Waals surface area contributed by atoms with E-state index in [1.807, 2.05) is 18.2 Å². The van der Waals surface area contributed by atoms with E-state index in [0.29, 0.717) is 22.6 Å². The molecule has 0 bridgehead atoms. The largest absolute Gasteiger partial charge is 0.497 e. The van der Waals surface area contributed by atoms with Crippen molar-refractivity contribution >= 4 is 11.8 Å². The van der Waals surface area contributed by atoms with Crippen molar-refractivity contribution < 1.29 is 13.9 Å². The fourth-order valence-electron chi connectivity index (χ4n) is 2.26. The Morgan fingerprint density at radius 2 is 1.75 bits per heavy atom. The minimum atomic E-state index is 0.443. The van der Waals surface area contributed by atoms with Crippen molar-refractivity contribution in [3.05, 3.63) is 53.6 Å². The van der Waals surface area contributed by atoms with Gasteiger partial charge in [0.1, 0.15) is 11.5 Å². The topological polar surface area (TPSA) is 57.4 Å². The first-order valence-corrected chi connectivity index (χ1v) is 8.42. The van der Waals surface area contributed by atoms with E-state index in [1.165, 1.54) is 22.9 Å². The van der Waals surface area contributed by atoms with Crippen molar-refractivity contribution in [1.82, 2.24) is 10.2 Å². The highest BCUT2D eigenvalue weighted by Gasteiger charge is 2.12. The summed E-state index contributed by atoms with van der Waals surface area (Å²) in [5.74, 6) is 2.58. The lowest BCUT2D eigenvalue weighted by atomic mass is 10.2. The van der Waals surface area contributed by atoms with E-state index in [-0.39, 0.29) is 0 Å². The molecule has 6 heteroatoms. The van der Waals surface area contributed by atoms with Gasteiger partial charge in [-0.1, -0.05) is 41.6 Å². The number of hydrogen-bond donors (Lipinski definition) is 0. The van der Waals surface area contributed by atoms with Gasteiger partial charge in [0.15, 0.2) is 0 Å². The zero-order valence-electron chi connectivity index (χ0n) is 13.8. The van der Waals surface area contributed by atoms with Gasteiger partial charge in [0.25, 0.3) is 5.22 Å². The summed E-state index contributed by atoms with van der Waals surface area (Å²) in [5.41, 5.74) is 3.23. The number of benzene rings is 2. The van der Waals surface area contributed by atoms with Crippen LogP contribution in [0.5, 0.6) is 11.5 Å². The molecule has 0 unspecified atom stereocenters. The average Bonchev–Trinajstić information content (AvgIpc) is 3.08. The molecular formula is C18H18N2O3S. The Balaban J connectivity index is 1.75. The Kier molecular flexibility index (Phi) is 5.05. The van der Waals surface area contributed by atoms with Gasteiger partial charge in [-0.25, -0.2) is 0 Å². The number of aromatic nitrogens is 2. The van der Waals surface area contributed by atoms with Crippen LogP contribution in [0.2, 0.25) is 0 Å². The van der Waals surface area contributed by atoms with Crippen molar-refractivity contribution in [2.75, 3.05) is 14.2 Å². The van der Waals surface area contributed by atoms with E-state index in [1.54, 1.807) is 20.3 Å². The molecule has 0 spiro atoms. The van der Waals surface area contributed by atoms with Crippen LogP contribution in [-0.2, 0) is 5.75 Å². The van der Waals surface area contributed by atoms with Gasteiger partial charge < -0.3 is 13.9 Å². The Hall–Kier alpha value is -2.47. The number of aryl methyl sites for hydroxylation is 1. The lowest BCUT2D eigenvalue weighted by Gasteiger charge is -2.05. The molecule has 124 valence electrons. The number of ether oxygens (including phenoxy) is 2. The maximum absolute atomic E-state index is 5.75. The predicted molar refractivity (Wildman–Crippen MR) is 93.6 cm³/mol. The quantitative estimate of drug-likeness (QED) is 0.621. The van der Waals surface area contributed by atoms with Crippen LogP contribution in [0.3, 0.4) is 0 Å². The van der Waals surface area contributed by atoms with E-state index in [0.717, 1.165) is 11.3 Å². The number of nitrogens with zero attached hydrogens (tertiary/aromatic N) is 2. The Labute approximate surface area is 145 Å². The molecule has 0 radical (unpaired) electrons. The van der Waals surface area contributed by atoms with Gasteiger partial charge in [-0.3, -0.25) is 0 Å². The second-order valence-electron chi connectivity index (χ2n) is 5.25. The van der Waals surface area contributed by atoms with Crippen molar-refractivity contribution in [3.8, 4) is 23.0 Å². The second-order valence-corrected chi connectivity index (χ2v) is 6.18. The molecule has 1 heterocycles. The van der Waals surface area contributed by atoms with Gasteiger partial charge in [0, 0.05) is 17.4 Å². The SMILES string of the molecule is COc1cc(OC)cc(-c2nnc(SCc3cccc(C)c3)o2)c1. The van der Waals surface area contributed by atoms with Crippen molar-refractivity contribution in [3.63, 3.8) is 0 Å². The van der Waals surface area contributed by atoms with Crippen LogP contribution in [0.1, 0.15) is 11.1 Å². The molecule has 2 aromatic carbocycles. The molecule has 5 nitrogen and oxygen atoms in total. The summed E-state index contributed by atoms with van der Waals surface area (Å²) in [6.45, 7) is 2.08. The molecule has 0 N–H and O–H groups in total. The van der Waals surface area contributed by atoms with E-state index in [4.69, 9.17) is 13.9 Å². The average molecular weight is 342 g/mol. The fraction of sp³-hybridized carbons (Fsp3) is 0.222. The summed E-state index contributed by atoms with van der Waals surface area (Å²) in [4.78, 5) is 0. The fourth-order valence-corrected chi connectivity index (χ4v) is 2.97. The molecule has 3 aromatic rings. The first-order valence-electron chi connectivity index (χ1n) is 7.43. The van der Waals surface area contributed by atoms with Crippen molar-refractivity contribution in [2.24, 2.45) is 0 Å². The third-order valence-electron chi connectivity index (χ3n) is 3.45. The highest BCUT2D eigenvalue weighted by atomic mass is 32.2. The Morgan fingerprint density at radius 3 is 2.42 bits per heavy atom. The molecule has 0 saturated heterocycles. The van der Waals surface area contributed by atoms with Crippen LogP contribution >= 0.6 is 11.8 Å². The molecule has 0 aliphatic heterocycles. The van der Waals surface area contributed by atoms with Crippen molar-refractivity contribution in [2.45, 2.75) is 17.9 Å². The maximum Gasteiger partial charge on any atom is 0.277 e. The van der Waals surface area contributed by atoms with Crippen LogP contribution in [0.25, 0.3) is 11.5 Å². The summed E-state index contributed by atoms with van der Waals surface area (Å²) in [7, 11) is 3.21. The van der Waals surface area contributed by atoms with Crippen LogP contribution in [0.15, 0.2) is 52.1 Å². The number of rotatable bonds is 6. The third-order valence-corrected chi connectivity index (χ3v) is 4.34. The molecule has 3 rings (SSSR count). The lowest BCUT2D eigenvalue weighted by molar-refractivity contribution is 0.394. The molecule has 0 saturated carbocycles. The molecule has 0 amide bonds.